The van der Waals surface area contributed by atoms with Gasteiger partial charge in [-0.2, -0.15) is 0 Å². The van der Waals surface area contributed by atoms with Crippen LogP contribution in [-0.2, 0) is 5.41 Å². The molecule has 0 aliphatic heterocycles. The first-order valence-electron chi connectivity index (χ1n) is 21.8. The van der Waals surface area contributed by atoms with Gasteiger partial charge in [0.25, 0.3) is 0 Å². The Balaban J connectivity index is 1.03. The smallest absolute Gasteiger partial charge is 0.0726 e. The van der Waals surface area contributed by atoms with Gasteiger partial charge in [0, 0.05) is 37.2 Å². The molecule has 0 bridgehead atoms. The van der Waals surface area contributed by atoms with E-state index >= 15 is 0 Å². The molecule has 1 heterocycles. The second-order valence-electron chi connectivity index (χ2n) is 17.1. The summed E-state index contributed by atoms with van der Waals surface area (Å²) in [7, 11) is 0. The van der Waals surface area contributed by atoms with Crippen LogP contribution in [0.4, 0.5) is 17.1 Å². The summed E-state index contributed by atoms with van der Waals surface area (Å²) in [5.74, 6) is 0. The Morgan fingerprint density at radius 1 is 0.270 bits per heavy atom. The zero-order valence-corrected chi connectivity index (χ0v) is 35.0. The molecule has 0 atom stereocenters. The Bertz CT molecular complexity index is 3790. The monoisotopic (exact) mass is 815 g/mol. The highest BCUT2D eigenvalue weighted by atomic mass is 32.1. The fourth-order valence-electron chi connectivity index (χ4n) is 11.4. The van der Waals surface area contributed by atoms with Gasteiger partial charge in [-0.05, 0) is 143 Å². The van der Waals surface area contributed by atoms with Crippen molar-refractivity contribution in [3.05, 3.63) is 247 Å². The summed E-state index contributed by atoms with van der Waals surface area (Å²) < 4.78 is 2.64. The van der Waals surface area contributed by atoms with E-state index in [-0.39, 0.29) is 0 Å². The second-order valence-corrected chi connectivity index (χ2v) is 18.2. The van der Waals surface area contributed by atoms with Gasteiger partial charge in [-0.3, -0.25) is 0 Å². The van der Waals surface area contributed by atoms with Crippen LogP contribution >= 0.6 is 11.3 Å². The van der Waals surface area contributed by atoms with E-state index < -0.39 is 5.41 Å². The third-order valence-corrected chi connectivity index (χ3v) is 15.2. The van der Waals surface area contributed by atoms with E-state index in [2.05, 4.69) is 229 Å². The van der Waals surface area contributed by atoms with E-state index in [0.29, 0.717) is 0 Å². The van der Waals surface area contributed by atoms with Crippen molar-refractivity contribution in [2.24, 2.45) is 0 Å². The summed E-state index contributed by atoms with van der Waals surface area (Å²) in [5, 5.41) is 10.2. The predicted molar refractivity (Wildman–Crippen MR) is 268 cm³/mol. The van der Waals surface area contributed by atoms with Crippen molar-refractivity contribution in [1.82, 2.24) is 0 Å². The summed E-state index contributed by atoms with van der Waals surface area (Å²) >= 11 is 1.87. The van der Waals surface area contributed by atoms with Crippen molar-refractivity contribution in [2.75, 3.05) is 4.90 Å². The molecule has 2 aliphatic carbocycles. The minimum Gasteiger partial charge on any atom is -0.310 e. The van der Waals surface area contributed by atoms with Crippen molar-refractivity contribution in [3.8, 4) is 33.4 Å². The van der Waals surface area contributed by atoms with Gasteiger partial charge in [0.05, 0.1) is 5.41 Å². The van der Waals surface area contributed by atoms with Crippen molar-refractivity contribution in [1.29, 1.82) is 0 Å². The van der Waals surface area contributed by atoms with Crippen LogP contribution in [0.1, 0.15) is 22.3 Å². The number of anilines is 3. The highest BCUT2D eigenvalue weighted by molar-refractivity contribution is 7.25. The van der Waals surface area contributed by atoms with Crippen LogP contribution in [0, 0.1) is 0 Å². The Morgan fingerprint density at radius 2 is 0.746 bits per heavy atom. The lowest BCUT2D eigenvalue weighted by Crippen LogP contribution is -2.26. The average Bonchev–Trinajstić information content (AvgIpc) is 3.98. The molecule has 0 amide bonds. The van der Waals surface area contributed by atoms with Gasteiger partial charge in [0.2, 0.25) is 0 Å². The molecule has 1 spiro atoms. The molecule has 2 heteroatoms. The molecular weight excluding hydrogens is 779 g/mol. The molecule has 11 aromatic carbocycles. The summed E-state index contributed by atoms with van der Waals surface area (Å²) in [6.45, 7) is 0. The summed E-state index contributed by atoms with van der Waals surface area (Å²) in [6.07, 6.45) is 0. The Kier molecular flexibility index (Phi) is 7.26. The normalized spacial score (nSPS) is 13.2. The maximum Gasteiger partial charge on any atom is 0.0726 e. The van der Waals surface area contributed by atoms with E-state index in [0.717, 1.165) is 17.1 Å². The average molecular weight is 816 g/mol. The number of thiophene rings is 1. The fraction of sp³-hybridized carbons (Fsp3) is 0.0164. The Morgan fingerprint density at radius 3 is 1.41 bits per heavy atom. The minimum absolute atomic E-state index is 0.445. The molecule has 1 nitrogen and oxygen atoms in total. The van der Waals surface area contributed by atoms with Crippen molar-refractivity contribution in [2.45, 2.75) is 5.41 Å². The maximum absolute atomic E-state index is 2.51. The van der Waals surface area contributed by atoms with Crippen LogP contribution < -0.4 is 4.90 Å². The van der Waals surface area contributed by atoms with Crippen molar-refractivity contribution < 1.29 is 0 Å². The van der Waals surface area contributed by atoms with Crippen LogP contribution in [-0.4, -0.2) is 0 Å². The SMILES string of the molecule is c1cc(-c2ccc3sc4ccccc4c3c2)cc(N(c2ccc3c(c2)C2(c4ccccc4-c4ccccc42)c2ccccc2-3)c2ccc3c4ccccc4c4ccccc4c3c2)c1. The van der Waals surface area contributed by atoms with Crippen molar-refractivity contribution >= 4 is 80.9 Å². The molecule has 12 aromatic rings. The van der Waals surface area contributed by atoms with Gasteiger partial charge < -0.3 is 4.90 Å². The van der Waals surface area contributed by atoms with Crippen LogP contribution in [0.25, 0.3) is 85.9 Å². The maximum atomic E-state index is 2.51. The van der Waals surface area contributed by atoms with Gasteiger partial charge in [-0.15, -0.1) is 11.3 Å². The summed E-state index contributed by atoms with van der Waals surface area (Å²) in [4.78, 5) is 2.50. The molecule has 0 unspecified atom stereocenters. The number of hydrogen-bond acceptors (Lipinski definition) is 2. The van der Waals surface area contributed by atoms with Gasteiger partial charge in [0.1, 0.15) is 0 Å². The van der Waals surface area contributed by atoms with Crippen LogP contribution in [0.3, 0.4) is 0 Å². The molecule has 63 heavy (non-hydrogen) atoms. The first-order valence-corrected chi connectivity index (χ1v) is 22.6. The third-order valence-electron chi connectivity index (χ3n) is 14.0. The number of rotatable bonds is 4. The van der Waals surface area contributed by atoms with Crippen LogP contribution in [0.2, 0.25) is 0 Å². The van der Waals surface area contributed by atoms with Gasteiger partial charge in [0.15, 0.2) is 0 Å². The van der Waals surface area contributed by atoms with Crippen LogP contribution in [0.5, 0.6) is 0 Å². The van der Waals surface area contributed by atoms with E-state index in [1.54, 1.807) is 0 Å². The zero-order chi connectivity index (χ0) is 41.2. The highest BCUT2D eigenvalue weighted by Gasteiger charge is 2.51. The zero-order valence-electron chi connectivity index (χ0n) is 34.2. The molecule has 14 rings (SSSR count). The van der Waals surface area contributed by atoms with E-state index in [1.807, 2.05) is 11.3 Å². The first kappa shape index (κ1) is 34.9. The predicted octanol–water partition coefficient (Wildman–Crippen LogP) is 17.0. The van der Waals surface area contributed by atoms with E-state index in [9.17, 15) is 0 Å². The number of hydrogen-bond donors (Lipinski definition) is 0. The molecule has 2 aliphatic rings. The Labute approximate surface area is 369 Å². The lowest BCUT2D eigenvalue weighted by atomic mass is 9.70. The lowest BCUT2D eigenvalue weighted by Gasteiger charge is -2.32. The second kappa shape index (κ2) is 13.1. The summed E-state index contributed by atoms with van der Waals surface area (Å²) in [5.41, 5.74) is 15.9. The van der Waals surface area contributed by atoms with Gasteiger partial charge in [-0.1, -0.05) is 170 Å². The quantitative estimate of drug-likeness (QED) is 0.160. The molecule has 0 radical (unpaired) electrons. The molecule has 0 fully saturated rings. The molecule has 0 N–H and O–H groups in total. The molecular formula is C61H37NS. The number of benzene rings is 11. The highest BCUT2D eigenvalue weighted by Crippen LogP contribution is 2.63. The van der Waals surface area contributed by atoms with Crippen molar-refractivity contribution in [3.63, 3.8) is 0 Å². The van der Waals surface area contributed by atoms with Gasteiger partial charge in [-0.25, -0.2) is 0 Å². The third kappa shape index (κ3) is 4.82. The standard InChI is InChI=1S/C61H37NS/c1-2-18-45-43(16-1)44-17-3-4-19-46(44)53-36-41(29-31-47(45)53)62(40-15-13-14-38(34-40)39-28-33-60-54(35-39)52-23-8-12-27-59(52)63-60)42-30-32-51-50-22-7-11-26-57(50)61(58(51)37-42)55-24-9-5-20-48(55)49-21-6-10-25-56(49)61/h1-37H. The lowest BCUT2D eigenvalue weighted by molar-refractivity contribution is 0.793. The molecule has 292 valence electrons. The van der Waals surface area contributed by atoms with Crippen LogP contribution in [0.15, 0.2) is 224 Å². The van der Waals surface area contributed by atoms with E-state index in [1.165, 1.54) is 108 Å². The topological polar surface area (TPSA) is 3.24 Å². The fourth-order valence-corrected chi connectivity index (χ4v) is 12.5. The number of fused-ring (bicyclic) bond motifs is 19. The molecule has 0 saturated heterocycles. The Hall–Kier alpha value is -7.78. The summed E-state index contributed by atoms with van der Waals surface area (Å²) in [6, 6.07) is 84.2. The molecule has 1 aromatic heterocycles. The van der Waals surface area contributed by atoms with Gasteiger partial charge >= 0.3 is 0 Å². The minimum atomic E-state index is -0.445. The number of nitrogens with zero attached hydrogens (tertiary/aromatic N) is 1. The van der Waals surface area contributed by atoms with E-state index in [4.69, 9.17) is 0 Å². The first-order chi connectivity index (χ1) is 31.2. The molecule has 0 saturated carbocycles. The largest absolute Gasteiger partial charge is 0.310 e.